The lowest BCUT2D eigenvalue weighted by Crippen LogP contribution is -2.37. The minimum absolute atomic E-state index is 0.0338. The van der Waals surface area contributed by atoms with Crippen molar-refractivity contribution in [1.29, 1.82) is 0 Å². The second kappa shape index (κ2) is 12.3. The highest BCUT2D eigenvalue weighted by Gasteiger charge is 2.25. The van der Waals surface area contributed by atoms with Gasteiger partial charge in [0.1, 0.15) is 6.61 Å². The number of carbonyl (C=O) groups is 2. The largest absolute Gasteiger partial charge is 0.494 e. The quantitative estimate of drug-likeness (QED) is 0.303. The Morgan fingerprint density at radius 2 is 2.07 bits per heavy atom. The first-order valence-corrected chi connectivity index (χ1v) is 13.2. The summed E-state index contributed by atoms with van der Waals surface area (Å²) in [4.78, 5) is 35.6. The van der Waals surface area contributed by atoms with Crippen molar-refractivity contribution in [3.63, 3.8) is 0 Å². The first-order valence-electron chi connectivity index (χ1n) is 13.2. The summed E-state index contributed by atoms with van der Waals surface area (Å²) < 4.78 is 32.1. The summed E-state index contributed by atoms with van der Waals surface area (Å²) in [6.07, 6.45) is 6.34. The lowest BCUT2D eigenvalue weighted by molar-refractivity contribution is -0.146. The third-order valence-corrected chi connectivity index (χ3v) is 6.79. The molecule has 3 heterocycles. The Kier molecular flexibility index (Phi) is 8.39. The van der Waals surface area contributed by atoms with Gasteiger partial charge in [-0.1, -0.05) is 6.07 Å². The van der Waals surface area contributed by atoms with Gasteiger partial charge in [-0.2, -0.15) is 5.10 Å². The number of ether oxygens (including phenoxy) is 3. The second-order valence-electron chi connectivity index (χ2n) is 9.86. The van der Waals surface area contributed by atoms with Crippen molar-refractivity contribution in [2.45, 2.75) is 38.5 Å². The molecule has 2 aromatic carbocycles. The molecule has 1 aliphatic heterocycles. The van der Waals surface area contributed by atoms with E-state index >= 15 is 0 Å². The molecule has 11 nitrogen and oxygen atoms in total. The fourth-order valence-electron chi connectivity index (χ4n) is 4.74. The predicted molar refractivity (Wildman–Crippen MR) is 149 cm³/mol. The van der Waals surface area contributed by atoms with Crippen LogP contribution in [-0.2, 0) is 27.9 Å². The van der Waals surface area contributed by atoms with E-state index in [1.807, 2.05) is 0 Å². The van der Waals surface area contributed by atoms with Gasteiger partial charge in [0.2, 0.25) is 5.95 Å². The molecule has 5 rings (SSSR count). The number of nitrogens with one attached hydrogen (secondary N) is 1. The smallest absolute Gasteiger partial charge is 0.302 e. The van der Waals surface area contributed by atoms with Crippen molar-refractivity contribution < 1.29 is 28.2 Å². The van der Waals surface area contributed by atoms with Crippen molar-refractivity contribution in [1.82, 2.24) is 19.7 Å². The van der Waals surface area contributed by atoms with Crippen molar-refractivity contribution in [2.75, 3.05) is 30.5 Å². The Morgan fingerprint density at radius 3 is 2.80 bits per heavy atom. The number of amides is 1. The minimum Gasteiger partial charge on any atom is -0.494 e. The number of esters is 1. The molecule has 1 aliphatic rings. The second-order valence-corrected chi connectivity index (χ2v) is 9.86. The van der Waals surface area contributed by atoms with Gasteiger partial charge in [0, 0.05) is 67.3 Å². The van der Waals surface area contributed by atoms with Gasteiger partial charge in [0.05, 0.1) is 31.5 Å². The zero-order valence-corrected chi connectivity index (χ0v) is 23.0. The van der Waals surface area contributed by atoms with Gasteiger partial charge >= 0.3 is 5.97 Å². The third-order valence-electron chi connectivity index (χ3n) is 6.79. The predicted octanol–water partition coefficient (Wildman–Crippen LogP) is 3.88. The van der Waals surface area contributed by atoms with Crippen molar-refractivity contribution in [2.24, 2.45) is 7.05 Å². The van der Waals surface area contributed by atoms with Gasteiger partial charge in [-0.05, 0) is 37.1 Å². The van der Waals surface area contributed by atoms with E-state index < -0.39 is 5.82 Å². The van der Waals surface area contributed by atoms with Gasteiger partial charge < -0.3 is 24.4 Å². The molecule has 1 N–H and O–H groups in total. The Labute approximate surface area is 236 Å². The highest BCUT2D eigenvalue weighted by atomic mass is 19.1. The normalized spacial score (nSPS) is 16.8. The van der Waals surface area contributed by atoms with Crippen LogP contribution in [0.25, 0.3) is 10.9 Å². The average Bonchev–Trinajstić information content (AvgIpc) is 3.38. The first-order chi connectivity index (χ1) is 19.8. The number of halogens is 1. The molecule has 2 atom stereocenters. The van der Waals surface area contributed by atoms with E-state index in [-0.39, 0.29) is 42.9 Å². The minimum atomic E-state index is -0.570. The number of hydrogen-bond acceptors (Lipinski definition) is 9. The molecular weight excluding hydrogens is 531 g/mol. The summed E-state index contributed by atoms with van der Waals surface area (Å²) in [6, 6.07) is 9.64. The van der Waals surface area contributed by atoms with Crippen LogP contribution in [0.4, 0.5) is 16.0 Å². The van der Waals surface area contributed by atoms with E-state index in [0.29, 0.717) is 35.7 Å². The standard InChI is InChI=1S/C29H31FN6O5/c1-18(37)41-17-24-11-22(8-9-40-24)33-29-31-14-21-5-4-20(10-26(21)34-29)28(38)36(16-19-13-32-35(2)15-19)23-6-7-27(39-3)25(30)12-23/h4-7,10,12-15,22,24H,8-9,11,16-17H2,1-3H3,(H,31,33,34)/t22-,24-/m0/s1. The zero-order valence-electron chi connectivity index (χ0n) is 23.0. The number of methoxy groups -OCH3 is 1. The van der Waals surface area contributed by atoms with Gasteiger partial charge in [0.25, 0.3) is 5.91 Å². The number of benzene rings is 2. The number of anilines is 2. The molecule has 12 heteroatoms. The summed E-state index contributed by atoms with van der Waals surface area (Å²) in [5, 5.41) is 8.30. The van der Waals surface area contributed by atoms with Crippen LogP contribution in [0, 0.1) is 5.82 Å². The molecule has 0 aliphatic carbocycles. The van der Waals surface area contributed by atoms with Crippen molar-refractivity contribution >= 4 is 34.4 Å². The van der Waals surface area contributed by atoms with Crippen LogP contribution in [-0.4, -0.2) is 64.1 Å². The van der Waals surface area contributed by atoms with E-state index in [0.717, 1.165) is 17.4 Å². The van der Waals surface area contributed by atoms with E-state index in [4.69, 9.17) is 14.2 Å². The Morgan fingerprint density at radius 1 is 1.22 bits per heavy atom. The molecule has 214 valence electrons. The van der Waals surface area contributed by atoms with Crippen LogP contribution in [0.1, 0.15) is 35.7 Å². The molecule has 4 aromatic rings. The fourth-order valence-corrected chi connectivity index (χ4v) is 4.74. The SMILES string of the molecule is COc1ccc(N(Cc2cnn(C)c2)C(=O)c2ccc3cnc(N[C@H]4CCO[C@H](COC(C)=O)C4)nc3c2)cc1F. The highest BCUT2D eigenvalue weighted by molar-refractivity contribution is 6.07. The van der Waals surface area contributed by atoms with Crippen molar-refractivity contribution in [3.05, 3.63) is 71.9 Å². The highest BCUT2D eigenvalue weighted by Crippen LogP contribution is 2.27. The van der Waals surface area contributed by atoms with Gasteiger partial charge in [-0.3, -0.25) is 14.3 Å². The monoisotopic (exact) mass is 562 g/mol. The molecule has 2 aromatic heterocycles. The van der Waals surface area contributed by atoms with Crippen LogP contribution in [0.3, 0.4) is 0 Å². The van der Waals surface area contributed by atoms with E-state index in [9.17, 15) is 14.0 Å². The number of aryl methyl sites for hydroxylation is 1. The molecular formula is C29H31FN6O5. The lowest BCUT2D eigenvalue weighted by atomic mass is 10.0. The number of fused-ring (bicyclic) bond motifs is 1. The van der Waals surface area contributed by atoms with E-state index in [2.05, 4.69) is 20.4 Å². The Bertz CT molecular complexity index is 1560. The Balaban J connectivity index is 1.38. The molecule has 0 spiro atoms. The van der Waals surface area contributed by atoms with E-state index in [1.165, 1.54) is 31.1 Å². The van der Waals surface area contributed by atoms with Crippen LogP contribution >= 0.6 is 0 Å². The molecule has 1 amide bonds. The molecule has 41 heavy (non-hydrogen) atoms. The molecule has 0 radical (unpaired) electrons. The fraction of sp³-hybridized carbons (Fsp3) is 0.345. The van der Waals surface area contributed by atoms with Crippen LogP contribution in [0.15, 0.2) is 55.0 Å². The van der Waals surface area contributed by atoms with Gasteiger partial charge in [-0.15, -0.1) is 0 Å². The number of nitrogens with zero attached hydrogens (tertiary/aromatic N) is 5. The van der Waals surface area contributed by atoms with Gasteiger partial charge in [-0.25, -0.2) is 14.4 Å². The maximum atomic E-state index is 14.6. The number of carbonyl (C=O) groups excluding carboxylic acids is 2. The van der Waals surface area contributed by atoms with Gasteiger partial charge in [0.15, 0.2) is 11.6 Å². The maximum absolute atomic E-state index is 14.6. The summed E-state index contributed by atoms with van der Waals surface area (Å²) in [5.74, 6) is -0.731. The zero-order chi connectivity index (χ0) is 28.9. The number of rotatable bonds is 9. The van der Waals surface area contributed by atoms with E-state index in [1.54, 1.807) is 54.6 Å². The average molecular weight is 563 g/mol. The van der Waals surface area contributed by atoms with Crippen LogP contribution in [0.2, 0.25) is 0 Å². The van der Waals surface area contributed by atoms with Crippen LogP contribution < -0.4 is 15.0 Å². The molecule has 0 unspecified atom stereocenters. The molecule has 0 bridgehead atoms. The Hall–Kier alpha value is -4.58. The molecule has 0 saturated carbocycles. The number of hydrogen-bond donors (Lipinski definition) is 1. The topological polar surface area (TPSA) is 121 Å². The maximum Gasteiger partial charge on any atom is 0.302 e. The lowest BCUT2D eigenvalue weighted by Gasteiger charge is -2.29. The first kappa shape index (κ1) is 28.0. The molecule has 1 saturated heterocycles. The molecule has 1 fully saturated rings. The van der Waals surface area contributed by atoms with Crippen LogP contribution in [0.5, 0.6) is 5.75 Å². The third kappa shape index (κ3) is 6.77. The summed E-state index contributed by atoms with van der Waals surface area (Å²) in [6.45, 7) is 2.28. The summed E-state index contributed by atoms with van der Waals surface area (Å²) in [7, 11) is 3.18. The summed E-state index contributed by atoms with van der Waals surface area (Å²) in [5.41, 5.74) is 2.13. The van der Waals surface area contributed by atoms with Crippen molar-refractivity contribution in [3.8, 4) is 5.75 Å². The summed E-state index contributed by atoms with van der Waals surface area (Å²) >= 11 is 0. The number of aromatic nitrogens is 4.